The summed E-state index contributed by atoms with van der Waals surface area (Å²) in [5, 5.41) is 13.2. The van der Waals surface area contributed by atoms with E-state index in [9.17, 15) is 14.7 Å². The van der Waals surface area contributed by atoms with Crippen molar-refractivity contribution in [2.75, 3.05) is 27.2 Å². The summed E-state index contributed by atoms with van der Waals surface area (Å²) in [5.41, 5.74) is 1.35. The number of Topliss-reactive ketones (excluding diaryl/α,β-unsaturated/α-hetero) is 1. The number of likely N-dealkylation sites (N-methyl/N-ethyl adjacent to an activating group) is 1. The fourth-order valence-electron chi connectivity index (χ4n) is 4.37. The van der Waals surface area contributed by atoms with E-state index in [4.69, 9.17) is 4.74 Å². The zero-order valence-corrected chi connectivity index (χ0v) is 20.0. The number of hydrogen-bond acceptors (Lipinski definition) is 5. The number of aliphatic hydroxyl groups excluding tert-OH is 1. The van der Waals surface area contributed by atoms with Gasteiger partial charge in [0, 0.05) is 18.7 Å². The van der Waals surface area contributed by atoms with Crippen LogP contribution >= 0.6 is 0 Å². The van der Waals surface area contributed by atoms with Crippen molar-refractivity contribution >= 4 is 28.2 Å². The van der Waals surface area contributed by atoms with Crippen LogP contribution in [0.3, 0.4) is 0 Å². The van der Waals surface area contributed by atoms with Crippen LogP contribution in [0, 0.1) is 0 Å². The summed E-state index contributed by atoms with van der Waals surface area (Å²) in [4.78, 5) is 30.0. The largest absolute Gasteiger partial charge is 0.507 e. The van der Waals surface area contributed by atoms with E-state index in [1.807, 2.05) is 93.5 Å². The lowest BCUT2D eigenvalue weighted by Gasteiger charge is -2.27. The molecule has 1 aliphatic heterocycles. The summed E-state index contributed by atoms with van der Waals surface area (Å²) in [6, 6.07) is 19.9. The van der Waals surface area contributed by atoms with Crippen LogP contribution in [0.2, 0.25) is 0 Å². The second-order valence-electron chi connectivity index (χ2n) is 9.06. The maximum atomic E-state index is 13.3. The van der Waals surface area contributed by atoms with Crippen molar-refractivity contribution < 1.29 is 19.4 Å². The number of aliphatic hydroxyl groups is 1. The molecule has 34 heavy (non-hydrogen) atoms. The summed E-state index contributed by atoms with van der Waals surface area (Å²) in [6.07, 6.45) is -0.0222. The highest BCUT2D eigenvalue weighted by atomic mass is 16.5. The van der Waals surface area contributed by atoms with Crippen molar-refractivity contribution in [3.63, 3.8) is 0 Å². The van der Waals surface area contributed by atoms with Crippen molar-refractivity contribution in [1.29, 1.82) is 0 Å². The quantitative estimate of drug-likeness (QED) is 0.318. The van der Waals surface area contributed by atoms with E-state index in [2.05, 4.69) is 0 Å². The number of benzene rings is 3. The summed E-state index contributed by atoms with van der Waals surface area (Å²) >= 11 is 0. The fourth-order valence-corrected chi connectivity index (χ4v) is 4.37. The molecule has 1 heterocycles. The molecule has 6 nitrogen and oxygen atoms in total. The molecule has 0 aliphatic carbocycles. The third-order valence-corrected chi connectivity index (χ3v) is 5.92. The first-order valence-corrected chi connectivity index (χ1v) is 11.5. The Balaban J connectivity index is 1.90. The van der Waals surface area contributed by atoms with Crippen LogP contribution in [-0.2, 0) is 9.59 Å². The maximum Gasteiger partial charge on any atom is 0.295 e. The third kappa shape index (κ3) is 4.54. The zero-order valence-electron chi connectivity index (χ0n) is 20.0. The molecule has 3 aromatic rings. The molecule has 0 spiro atoms. The first-order valence-electron chi connectivity index (χ1n) is 11.5. The molecular formula is C28H30N2O4. The van der Waals surface area contributed by atoms with E-state index in [1.165, 1.54) is 0 Å². The Bertz CT molecular complexity index is 1260. The number of amides is 1. The molecule has 1 saturated heterocycles. The predicted molar refractivity (Wildman–Crippen MR) is 134 cm³/mol. The molecule has 0 saturated carbocycles. The standard InChI is InChI=1S/C28H30N2O4/c1-18(2)34-21-12-7-11-20(17-21)25-24(27(32)28(33)30(25)16-15-29(3)4)26(31)23-14-8-10-19-9-5-6-13-22(19)23/h5-14,17-18,25,31H,15-16H2,1-4H3/b26-24-. The van der Waals surface area contributed by atoms with Crippen molar-refractivity contribution in [2.24, 2.45) is 0 Å². The molecule has 4 rings (SSSR count). The molecule has 6 heteroatoms. The molecule has 1 unspecified atom stereocenters. The maximum absolute atomic E-state index is 13.3. The van der Waals surface area contributed by atoms with Gasteiger partial charge in [-0.05, 0) is 56.4 Å². The highest BCUT2D eigenvalue weighted by Gasteiger charge is 2.46. The van der Waals surface area contributed by atoms with Gasteiger partial charge in [-0.1, -0.05) is 54.6 Å². The minimum atomic E-state index is -0.713. The lowest BCUT2D eigenvalue weighted by Crippen LogP contribution is -2.35. The van der Waals surface area contributed by atoms with E-state index in [-0.39, 0.29) is 17.4 Å². The molecule has 1 amide bonds. The summed E-state index contributed by atoms with van der Waals surface area (Å²) in [7, 11) is 3.83. The van der Waals surface area contributed by atoms with Crippen LogP contribution in [0.4, 0.5) is 0 Å². The molecule has 1 atom stereocenters. The molecule has 3 aromatic carbocycles. The highest BCUT2D eigenvalue weighted by Crippen LogP contribution is 2.41. The molecule has 1 aliphatic rings. The monoisotopic (exact) mass is 458 g/mol. The Morgan fingerprint density at radius 2 is 1.74 bits per heavy atom. The van der Waals surface area contributed by atoms with Crippen LogP contribution in [0.15, 0.2) is 72.3 Å². The lowest BCUT2D eigenvalue weighted by atomic mass is 9.93. The second kappa shape index (κ2) is 9.69. The van der Waals surface area contributed by atoms with Gasteiger partial charge in [-0.25, -0.2) is 0 Å². The summed E-state index contributed by atoms with van der Waals surface area (Å²) < 4.78 is 5.86. The molecule has 1 fully saturated rings. The van der Waals surface area contributed by atoms with E-state index < -0.39 is 17.7 Å². The van der Waals surface area contributed by atoms with Gasteiger partial charge in [0.1, 0.15) is 11.5 Å². The highest BCUT2D eigenvalue weighted by molar-refractivity contribution is 6.46. The Kier molecular flexibility index (Phi) is 6.70. The number of rotatable bonds is 7. The Labute approximate surface area is 200 Å². The third-order valence-electron chi connectivity index (χ3n) is 5.92. The number of likely N-dealkylation sites (tertiary alicyclic amines) is 1. The van der Waals surface area contributed by atoms with Crippen molar-refractivity contribution in [3.8, 4) is 5.75 Å². The van der Waals surface area contributed by atoms with Gasteiger partial charge in [-0.3, -0.25) is 9.59 Å². The van der Waals surface area contributed by atoms with E-state index in [0.29, 0.717) is 24.4 Å². The van der Waals surface area contributed by atoms with E-state index >= 15 is 0 Å². The molecule has 1 N–H and O–H groups in total. The smallest absolute Gasteiger partial charge is 0.295 e. The molecule has 0 bridgehead atoms. The van der Waals surface area contributed by atoms with Gasteiger partial charge < -0.3 is 19.6 Å². The topological polar surface area (TPSA) is 70.1 Å². The van der Waals surface area contributed by atoms with E-state index in [1.54, 1.807) is 11.0 Å². The number of carbonyl (C=O) groups excluding carboxylic acids is 2. The number of carbonyl (C=O) groups is 2. The van der Waals surface area contributed by atoms with Crippen molar-refractivity contribution in [2.45, 2.75) is 26.0 Å². The Morgan fingerprint density at radius 1 is 1.03 bits per heavy atom. The fraction of sp³-hybridized carbons (Fsp3) is 0.286. The van der Waals surface area contributed by atoms with Crippen molar-refractivity contribution in [1.82, 2.24) is 9.80 Å². The lowest BCUT2D eigenvalue weighted by molar-refractivity contribution is -0.140. The van der Waals surface area contributed by atoms with Gasteiger partial charge in [0.25, 0.3) is 11.7 Å². The van der Waals surface area contributed by atoms with Crippen LogP contribution in [0.25, 0.3) is 16.5 Å². The number of ether oxygens (including phenoxy) is 1. The SMILES string of the molecule is CC(C)Oc1cccc(C2/C(=C(/O)c3cccc4ccccc34)C(=O)C(=O)N2CCN(C)C)c1. The number of fused-ring (bicyclic) bond motifs is 1. The van der Waals surface area contributed by atoms with Gasteiger partial charge in [0.05, 0.1) is 17.7 Å². The Hall–Kier alpha value is -3.64. The van der Waals surface area contributed by atoms with Crippen LogP contribution < -0.4 is 4.74 Å². The van der Waals surface area contributed by atoms with Gasteiger partial charge in [-0.15, -0.1) is 0 Å². The van der Waals surface area contributed by atoms with Gasteiger partial charge in [0.15, 0.2) is 0 Å². The average molecular weight is 459 g/mol. The van der Waals surface area contributed by atoms with Gasteiger partial charge in [-0.2, -0.15) is 0 Å². The first kappa shape index (κ1) is 23.5. The van der Waals surface area contributed by atoms with Gasteiger partial charge >= 0.3 is 0 Å². The minimum Gasteiger partial charge on any atom is -0.507 e. The zero-order chi connectivity index (χ0) is 24.4. The molecule has 176 valence electrons. The summed E-state index contributed by atoms with van der Waals surface area (Å²) in [5.74, 6) is -0.799. The van der Waals surface area contributed by atoms with Crippen molar-refractivity contribution in [3.05, 3.63) is 83.4 Å². The van der Waals surface area contributed by atoms with Crippen LogP contribution in [0.1, 0.15) is 31.0 Å². The predicted octanol–water partition coefficient (Wildman–Crippen LogP) is 4.61. The molecule has 0 aromatic heterocycles. The van der Waals surface area contributed by atoms with Gasteiger partial charge in [0.2, 0.25) is 0 Å². The molecule has 0 radical (unpaired) electrons. The number of hydrogen-bond donors (Lipinski definition) is 1. The van der Waals surface area contributed by atoms with E-state index in [0.717, 1.165) is 16.3 Å². The second-order valence-corrected chi connectivity index (χ2v) is 9.06. The minimum absolute atomic E-state index is 0.0222. The average Bonchev–Trinajstić information content (AvgIpc) is 3.06. The number of nitrogens with zero attached hydrogens (tertiary/aromatic N) is 2. The first-order chi connectivity index (χ1) is 16.3. The normalized spacial score (nSPS) is 17.8. The van der Waals surface area contributed by atoms with Crippen LogP contribution in [-0.4, -0.2) is 59.9 Å². The summed E-state index contributed by atoms with van der Waals surface area (Å²) in [6.45, 7) is 4.82. The number of ketones is 1. The molecular weight excluding hydrogens is 428 g/mol. The Morgan fingerprint density at radius 3 is 2.47 bits per heavy atom. The van der Waals surface area contributed by atoms with Crippen LogP contribution in [0.5, 0.6) is 5.75 Å².